The van der Waals surface area contributed by atoms with Crippen LogP contribution in [-0.2, 0) is 15.7 Å². The Hall–Kier alpha value is -3.30. The van der Waals surface area contributed by atoms with Gasteiger partial charge in [-0.15, -0.1) is 0 Å². The number of benzene rings is 1. The monoisotopic (exact) mass is 382 g/mol. The second-order valence-corrected chi connectivity index (χ2v) is 5.52. The van der Waals surface area contributed by atoms with Gasteiger partial charge in [0.1, 0.15) is 11.6 Å². The first-order chi connectivity index (χ1) is 12.7. The molecule has 2 heterocycles. The summed E-state index contributed by atoms with van der Waals surface area (Å²) in [6, 6.07) is 6.24. The summed E-state index contributed by atoms with van der Waals surface area (Å²) in [5.74, 6) is -1.18. The van der Waals surface area contributed by atoms with Crippen molar-refractivity contribution in [3.8, 4) is 11.6 Å². The van der Waals surface area contributed by atoms with Gasteiger partial charge in [-0.1, -0.05) is 0 Å². The van der Waals surface area contributed by atoms with Crippen molar-refractivity contribution in [3.63, 3.8) is 0 Å². The lowest BCUT2D eigenvalue weighted by atomic mass is 10.2. The SMILES string of the molecule is COC(=O)C(C)Oc1ccc2c(c1)oc(=O)n2-c1ccc(C(F)(F)F)cn1. The second-order valence-electron chi connectivity index (χ2n) is 5.52. The predicted octanol–water partition coefficient (Wildman–Crippen LogP) is 2.94. The minimum absolute atomic E-state index is 0.0247. The number of fused-ring (bicyclic) bond motifs is 1. The lowest BCUT2D eigenvalue weighted by Crippen LogP contribution is -2.24. The van der Waals surface area contributed by atoms with Crippen LogP contribution in [0.1, 0.15) is 12.5 Å². The van der Waals surface area contributed by atoms with Gasteiger partial charge in [0.15, 0.2) is 11.7 Å². The Morgan fingerprint density at radius 3 is 2.59 bits per heavy atom. The molecule has 7 nitrogen and oxygen atoms in total. The number of esters is 1. The van der Waals surface area contributed by atoms with E-state index >= 15 is 0 Å². The third-order valence-electron chi connectivity index (χ3n) is 3.70. The summed E-state index contributed by atoms with van der Waals surface area (Å²) in [6.07, 6.45) is -4.77. The van der Waals surface area contributed by atoms with Gasteiger partial charge in [-0.25, -0.2) is 19.1 Å². The Labute approximate surface area is 149 Å². The van der Waals surface area contributed by atoms with E-state index in [4.69, 9.17) is 9.15 Å². The van der Waals surface area contributed by atoms with Crippen LogP contribution in [0.4, 0.5) is 13.2 Å². The summed E-state index contributed by atoms with van der Waals surface area (Å²) in [4.78, 5) is 27.2. The molecule has 1 unspecified atom stereocenters. The van der Waals surface area contributed by atoms with Crippen molar-refractivity contribution in [2.45, 2.75) is 19.2 Å². The molecule has 10 heteroatoms. The Kier molecular flexibility index (Phi) is 4.64. The molecule has 0 radical (unpaired) electrons. The Morgan fingerprint density at radius 2 is 2.00 bits per heavy atom. The molecule has 1 atom stereocenters. The molecule has 0 spiro atoms. The van der Waals surface area contributed by atoms with Crippen LogP contribution in [0.3, 0.4) is 0 Å². The van der Waals surface area contributed by atoms with Crippen LogP contribution in [0.2, 0.25) is 0 Å². The van der Waals surface area contributed by atoms with Crippen molar-refractivity contribution in [3.05, 3.63) is 52.6 Å². The number of methoxy groups -OCH3 is 1. The smallest absolute Gasteiger partial charge is 0.425 e. The molecule has 0 N–H and O–H groups in total. The highest BCUT2D eigenvalue weighted by atomic mass is 19.4. The molecule has 142 valence electrons. The molecule has 0 amide bonds. The van der Waals surface area contributed by atoms with Gasteiger partial charge in [-0.3, -0.25) is 0 Å². The average molecular weight is 382 g/mol. The van der Waals surface area contributed by atoms with Gasteiger partial charge in [0.05, 0.1) is 18.2 Å². The van der Waals surface area contributed by atoms with Crippen LogP contribution in [0.15, 0.2) is 45.7 Å². The molecule has 0 aliphatic heterocycles. The fourth-order valence-corrected chi connectivity index (χ4v) is 2.39. The minimum Gasteiger partial charge on any atom is -0.479 e. The number of aromatic nitrogens is 2. The van der Waals surface area contributed by atoms with Gasteiger partial charge in [0, 0.05) is 12.3 Å². The fraction of sp³-hybridized carbons (Fsp3) is 0.235. The first kappa shape index (κ1) is 18.5. The number of oxazole rings is 1. The fourth-order valence-electron chi connectivity index (χ4n) is 2.39. The number of alkyl halides is 3. The standard InChI is InChI=1S/C17H13F3N2O5/c1-9(15(23)25-2)26-11-4-5-12-13(7-11)27-16(24)22(12)14-6-3-10(8-21-14)17(18,19)20/h3-9H,1-2H3. The van der Waals surface area contributed by atoms with E-state index in [1.54, 1.807) is 0 Å². The maximum Gasteiger partial charge on any atom is 0.425 e. The first-order valence-corrected chi connectivity index (χ1v) is 7.64. The Bertz CT molecular complexity index is 1040. The molecule has 0 fully saturated rings. The topological polar surface area (TPSA) is 83.6 Å². The highest BCUT2D eigenvalue weighted by molar-refractivity contribution is 5.77. The van der Waals surface area contributed by atoms with E-state index in [0.717, 1.165) is 16.7 Å². The number of halogens is 3. The maximum atomic E-state index is 12.7. The number of hydrogen-bond acceptors (Lipinski definition) is 6. The van der Waals surface area contributed by atoms with Gasteiger partial charge >= 0.3 is 17.9 Å². The number of carbonyl (C=O) groups is 1. The summed E-state index contributed by atoms with van der Waals surface area (Å²) in [5.41, 5.74) is -0.527. The zero-order valence-electron chi connectivity index (χ0n) is 14.1. The highest BCUT2D eigenvalue weighted by Crippen LogP contribution is 2.29. The summed E-state index contributed by atoms with van der Waals surface area (Å²) in [5, 5.41) is 0. The van der Waals surface area contributed by atoms with Crippen LogP contribution in [-0.4, -0.2) is 28.7 Å². The Balaban J connectivity index is 1.97. The molecule has 0 aliphatic rings. The first-order valence-electron chi connectivity index (χ1n) is 7.64. The van der Waals surface area contributed by atoms with Gasteiger partial charge in [0.25, 0.3) is 0 Å². The van der Waals surface area contributed by atoms with Crippen molar-refractivity contribution in [2.24, 2.45) is 0 Å². The van der Waals surface area contributed by atoms with E-state index in [9.17, 15) is 22.8 Å². The molecular formula is C17H13F3N2O5. The van der Waals surface area contributed by atoms with Crippen LogP contribution in [0, 0.1) is 0 Å². The second kappa shape index (κ2) is 6.78. The molecule has 3 aromatic rings. The molecule has 2 aromatic heterocycles. The van der Waals surface area contributed by atoms with Crippen molar-refractivity contribution in [2.75, 3.05) is 7.11 Å². The number of nitrogens with zero attached hydrogens (tertiary/aromatic N) is 2. The van der Waals surface area contributed by atoms with Crippen LogP contribution in [0.25, 0.3) is 16.9 Å². The van der Waals surface area contributed by atoms with E-state index in [-0.39, 0.29) is 22.7 Å². The average Bonchev–Trinajstić information content (AvgIpc) is 2.95. The van der Waals surface area contributed by atoms with Crippen LogP contribution in [0.5, 0.6) is 5.75 Å². The molecule has 0 bridgehead atoms. The third kappa shape index (κ3) is 3.64. The molecule has 0 saturated heterocycles. The van der Waals surface area contributed by atoms with Gasteiger partial charge in [-0.2, -0.15) is 13.2 Å². The normalized spacial score (nSPS) is 12.8. The van der Waals surface area contributed by atoms with Gasteiger partial charge < -0.3 is 13.9 Å². The molecule has 3 rings (SSSR count). The number of hydrogen-bond donors (Lipinski definition) is 0. The zero-order chi connectivity index (χ0) is 19.8. The summed E-state index contributed by atoms with van der Waals surface area (Å²) >= 11 is 0. The minimum atomic E-state index is -4.53. The van der Waals surface area contributed by atoms with Gasteiger partial charge in [-0.05, 0) is 31.2 Å². The summed E-state index contributed by atoms with van der Waals surface area (Å²) in [7, 11) is 1.22. The van der Waals surface area contributed by atoms with Gasteiger partial charge in [0.2, 0.25) is 0 Å². The van der Waals surface area contributed by atoms with Crippen molar-refractivity contribution < 1.29 is 31.9 Å². The van der Waals surface area contributed by atoms with Crippen molar-refractivity contribution in [1.29, 1.82) is 0 Å². The van der Waals surface area contributed by atoms with Crippen LogP contribution >= 0.6 is 0 Å². The van der Waals surface area contributed by atoms with Crippen molar-refractivity contribution >= 4 is 17.1 Å². The highest BCUT2D eigenvalue weighted by Gasteiger charge is 2.31. The lowest BCUT2D eigenvalue weighted by molar-refractivity contribution is -0.148. The molecular weight excluding hydrogens is 369 g/mol. The number of rotatable bonds is 4. The predicted molar refractivity (Wildman–Crippen MR) is 86.7 cm³/mol. The molecule has 27 heavy (non-hydrogen) atoms. The molecule has 0 aliphatic carbocycles. The summed E-state index contributed by atoms with van der Waals surface area (Å²) < 4.78 is 54.0. The summed E-state index contributed by atoms with van der Waals surface area (Å²) in [6.45, 7) is 1.49. The van der Waals surface area contributed by atoms with E-state index < -0.39 is 29.6 Å². The lowest BCUT2D eigenvalue weighted by Gasteiger charge is -2.12. The number of ether oxygens (including phenoxy) is 2. The number of pyridine rings is 1. The number of carbonyl (C=O) groups excluding carboxylic acids is 1. The van der Waals surface area contributed by atoms with E-state index in [1.165, 1.54) is 32.2 Å². The van der Waals surface area contributed by atoms with Crippen molar-refractivity contribution in [1.82, 2.24) is 9.55 Å². The zero-order valence-corrected chi connectivity index (χ0v) is 14.1. The maximum absolute atomic E-state index is 12.7. The molecule has 1 aromatic carbocycles. The van der Waals surface area contributed by atoms with Crippen LogP contribution < -0.4 is 10.5 Å². The Morgan fingerprint density at radius 1 is 1.26 bits per heavy atom. The molecule has 0 saturated carbocycles. The quantitative estimate of drug-likeness (QED) is 0.645. The largest absolute Gasteiger partial charge is 0.479 e. The van der Waals surface area contributed by atoms with E-state index in [2.05, 4.69) is 9.72 Å². The van der Waals surface area contributed by atoms with E-state index in [1.807, 2.05) is 0 Å². The third-order valence-corrected chi connectivity index (χ3v) is 3.70. The van der Waals surface area contributed by atoms with E-state index in [0.29, 0.717) is 6.20 Å².